The number of pyridine rings is 1. The Balaban J connectivity index is 1.09. The van der Waals surface area contributed by atoms with Gasteiger partial charge in [0.05, 0.1) is 47.5 Å². The van der Waals surface area contributed by atoms with Gasteiger partial charge in [0.1, 0.15) is 0 Å². The Labute approximate surface area is 293 Å². The quantitative estimate of drug-likeness (QED) is 0.147. The van der Waals surface area contributed by atoms with E-state index in [0.717, 1.165) is 40.7 Å². The van der Waals surface area contributed by atoms with Gasteiger partial charge >= 0.3 is 0 Å². The molecule has 12 nitrogen and oxygen atoms in total. The van der Waals surface area contributed by atoms with Crippen molar-refractivity contribution in [2.45, 2.75) is 50.9 Å². The molecule has 0 bridgehead atoms. The molecule has 2 aromatic carbocycles. The standard InChI is InChI=1S/C35H35Cl2N9O3/c1-49-35-20(14-38-15-21-9-12-31(47)41-21)8-11-27(43-35)25-6-2-4-23(33(25)36)24-5-3-7-26(34(24)37)28-19-46-30(18-40-28)44-29(45-46)17-39-16-22-10-13-32(48)42-22/h2-8,11,18-19,21-22,38-39H,9-10,12-17H2,1H3,(H,41,47)(H,42,48)/t21-,22-/m0/s1. The lowest BCUT2D eigenvalue weighted by Crippen LogP contribution is -2.35. The van der Waals surface area contributed by atoms with Gasteiger partial charge in [0.2, 0.25) is 17.7 Å². The van der Waals surface area contributed by atoms with Gasteiger partial charge in [-0.25, -0.2) is 14.5 Å². The number of methoxy groups -OCH3 is 1. The number of ether oxygens (including phenoxy) is 1. The van der Waals surface area contributed by atoms with Crippen LogP contribution in [0.2, 0.25) is 10.0 Å². The number of amides is 2. The molecule has 2 fully saturated rings. The van der Waals surface area contributed by atoms with Crippen LogP contribution >= 0.6 is 23.2 Å². The zero-order chi connectivity index (χ0) is 33.9. The molecule has 7 rings (SSSR count). The van der Waals surface area contributed by atoms with Gasteiger partial charge in [0, 0.05) is 72.4 Å². The van der Waals surface area contributed by atoms with E-state index in [1.54, 1.807) is 17.8 Å². The Bertz CT molecular complexity index is 2040. The Kier molecular flexibility index (Phi) is 9.72. The number of nitrogens with zero attached hydrogens (tertiary/aromatic N) is 5. The number of nitrogens with one attached hydrogen (secondary N) is 4. The summed E-state index contributed by atoms with van der Waals surface area (Å²) in [6.07, 6.45) is 6.28. The Morgan fingerprint density at radius 2 is 1.43 bits per heavy atom. The minimum absolute atomic E-state index is 0.0926. The fourth-order valence-corrected chi connectivity index (χ4v) is 6.91. The van der Waals surface area contributed by atoms with Crippen LogP contribution in [0.15, 0.2) is 60.9 Å². The lowest BCUT2D eigenvalue weighted by atomic mass is 9.98. The molecule has 2 amide bonds. The zero-order valence-corrected chi connectivity index (χ0v) is 28.3. The molecule has 5 aromatic rings. The van der Waals surface area contributed by atoms with Crippen LogP contribution in [0.25, 0.3) is 39.3 Å². The molecule has 3 aromatic heterocycles. The number of benzene rings is 2. The number of hydrogen-bond donors (Lipinski definition) is 4. The molecule has 0 spiro atoms. The maximum absolute atomic E-state index is 11.5. The highest BCUT2D eigenvalue weighted by Gasteiger charge is 2.22. The van der Waals surface area contributed by atoms with Gasteiger partial charge in [-0.2, -0.15) is 0 Å². The van der Waals surface area contributed by atoms with E-state index in [-0.39, 0.29) is 23.9 Å². The third kappa shape index (κ3) is 7.23. The van der Waals surface area contributed by atoms with Crippen molar-refractivity contribution in [2.75, 3.05) is 20.2 Å². The van der Waals surface area contributed by atoms with Crippen molar-refractivity contribution in [1.82, 2.24) is 45.8 Å². The number of fused-ring (bicyclic) bond motifs is 1. The van der Waals surface area contributed by atoms with Gasteiger partial charge in [-0.15, -0.1) is 5.10 Å². The molecular formula is C35H35Cl2N9O3. The summed E-state index contributed by atoms with van der Waals surface area (Å²) >= 11 is 14.1. The van der Waals surface area contributed by atoms with Gasteiger partial charge in [0.15, 0.2) is 11.5 Å². The Hall–Kier alpha value is -4.62. The zero-order valence-electron chi connectivity index (χ0n) is 26.8. The van der Waals surface area contributed by atoms with Crippen molar-refractivity contribution in [3.8, 4) is 39.5 Å². The third-order valence-corrected chi connectivity index (χ3v) is 9.60. The van der Waals surface area contributed by atoms with E-state index in [2.05, 4.69) is 36.3 Å². The Morgan fingerprint density at radius 1 is 0.816 bits per heavy atom. The second-order valence-electron chi connectivity index (χ2n) is 12.2. The van der Waals surface area contributed by atoms with Crippen LogP contribution in [0, 0.1) is 0 Å². The summed E-state index contributed by atoms with van der Waals surface area (Å²) in [4.78, 5) is 37.0. The average molecular weight is 701 g/mol. The molecule has 49 heavy (non-hydrogen) atoms. The summed E-state index contributed by atoms with van der Waals surface area (Å²) in [6, 6.07) is 15.7. The van der Waals surface area contributed by atoms with Crippen LogP contribution in [0.4, 0.5) is 0 Å². The monoisotopic (exact) mass is 699 g/mol. The molecule has 2 aliphatic heterocycles. The maximum atomic E-state index is 11.5. The molecular weight excluding hydrogens is 665 g/mol. The lowest BCUT2D eigenvalue weighted by molar-refractivity contribution is -0.120. The van der Waals surface area contributed by atoms with Crippen molar-refractivity contribution in [3.05, 3.63) is 82.4 Å². The molecule has 2 aliphatic rings. The number of carbonyl (C=O) groups excluding carboxylic acids is 2. The first-order valence-corrected chi connectivity index (χ1v) is 17.0. The number of halogens is 2. The summed E-state index contributed by atoms with van der Waals surface area (Å²) in [5, 5.41) is 18.3. The van der Waals surface area contributed by atoms with E-state index in [4.69, 9.17) is 32.9 Å². The summed E-state index contributed by atoms with van der Waals surface area (Å²) < 4.78 is 7.33. The SMILES string of the molecule is COc1nc(-c2cccc(-c3cccc(-c4cn5nc(CNC[C@@H]6CCC(=O)N6)nc5cn4)c3Cl)c2Cl)ccc1CNC[C@@H]1CCC(=O)N1. The second-order valence-corrected chi connectivity index (χ2v) is 12.9. The van der Waals surface area contributed by atoms with Gasteiger partial charge in [-0.3, -0.25) is 14.6 Å². The van der Waals surface area contributed by atoms with E-state index in [0.29, 0.717) is 77.8 Å². The summed E-state index contributed by atoms with van der Waals surface area (Å²) in [5.74, 6) is 1.31. The van der Waals surface area contributed by atoms with E-state index in [9.17, 15) is 9.59 Å². The molecule has 14 heteroatoms. The minimum Gasteiger partial charge on any atom is -0.481 e. The third-order valence-electron chi connectivity index (χ3n) is 8.79. The van der Waals surface area contributed by atoms with Crippen molar-refractivity contribution >= 4 is 40.7 Å². The van der Waals surface area contributed by atoms with E-state index >= 15 is 0 Å². The summed E-state index contributed by atoms with van der Waals surface area (Å²) in [5.41, 5.74) is 5.79. The predicted molar refractivity (Wildman–Crippen MR) is 187 cm³/mol. The fraction of sp³-hybridized carbons (Fsp3) is 0.314. The number of carbonyl (C=O) groups is 2. The molecule has 0 unspecified atom stereocenters. The smallest absolute Gasteiger partial charge is 0.220 e. The summed E-state index contributed by atoms with van der Waals surface area (Å²) in [7, 11) is 1.59. The first kappa shape index (κ1) is 32.9. The maximum Gasteiger partial charge on any atom is 0.220 e. The predicted octanol–water partition coefficient (Wildman–Crippen LogP) is 4.57. The molecule has 0 saturated carbocycles. The van der Waals surface area contributed by atoms with Gasteiger partial charge in [0.25, 0.3) is 0 Å². The van der Waals surface area contributed by atoms with Crippen molar-refractivity contribution in [3.63, 3.8) is 0 Å². The van der Waals surface area contributed by atoms with E-state index < -0.39 is 0 Å². The second kappa shape index (κ2) is 14.5. The average Bonchev–Trinajstić information content (AvgIpc) is 3.84. The van der Waals surface area contributed by atoms with Gasteiger partial charge in [-0.1, -0.05) is 65.7 Å². The van der Waals surface area contributed by atoms with Crippen LogP contribution in [-0.4, -0.2) is 68.7 Å². The van der Waals surface area contributed by atoms with E-state index in [1.807, 2.05) is 54.7 Å². The van der Waals surface area contributed by atoms with Crippen molar-refractivity contribution in [1.29, 1.82) is 0 Å². The first-order valence-electron chi connectivity index (χ1n) is 16.2. The molecule has 0 radical (unpaired) electrons. The topological polar surface area (TPSA) is 147 Å². The molecule has 4 N–H and O–H groups in total. The lowest BCUT2D eigenvalue weighted by Gasteiger charge is -2.15. The van der Waals surface area contributed by atoms with Crippen LogP contribution in [0.3, 0.4) is 0 Å². The number of hydrogen-bond acceptors (Lipinski definition) is 9. The normalized spacial score (nSPS) is 17.4. The largest absolute Gasteiger partial charge is 0.481 e. The van der Waals surface area contributed by atoms with Crippen LogP contribution in [0.5, 0.6) is 5.88 Å². The van der Waals surface area contributed by atoms with Crippen LogP contribution in [0.1, 0.15) is 37.1 Å². The van der Waals surface area contributed by atoms with E-state index in [1.165, 1.54) is 0 Å². The number of rotatable bonds is 12. The molecule has 5 heterocycles. The molecule has 2 atom stereocenters. The van der Waals surface area contributed by atoms with Crippen LogP contribution in [-0.2, 0) is 22.7 Å². The highest BCUT2D eigenvalue weighted by Crippen LogP contribution is 2.42. The number of aromatic nitrogens is 5. The van der Waals surface area contributed by atoms with Crippen molar-refractivity contribution < 1.29 is 14.3 Å². The van der Waals surface area contributed by atoms with Crippen LogP contribution < -0.4 is 26.0 Å². The van der Waals surface area contributed by atoms with Gasteiger partial charge in [-0.05, 0) is 18.9 Å². The van der Waals surface area contributed by atoms with Gasteiger partial charge < -0.3 is 26.0 Å². The first-order chi connectivity index (χ1) is 23.9. The molecule has 252 valence electrons. The minimum atomic E-state index is 0.0926. The Morgan fingerprint density at radius 3 is 2.04 bits per heavy atom. The highest BCUT2D eigenvalue weighted by atomic mass is 35.5. The fourth-order valence-electron chi connectivity index (χ4n) is 6.26. The van der Waals surface area contributed by atoms with Crippen molar-refractivity contribution in [2.24, 2.45) is 0 Å². The molecule has 2 saturated heterocycles. The molecule has 0 aliphatic carbocycles. The summed E-state index contributed by atoms with van der Waals surface area (Å²) in [6.45, 7) is 2.35. The highest BCUT2D eigenvalue weighted by molar-refractivity contribution is 6.39.